The van der Waals surface area contributed by atoms with Crippen molar-refractivity contribution in [1.29, 1.82) is 0 Å². The first-order chi connectivity index (χ1) is 5.87. The third-order valence-corrected chi connectivity index (χ3v) is 3.61. The van der Waals surface area contributed by atoms with E-state index < -0.39 is 0 Å². The summed E-state index contributed by atoms with van der Waals surface area (Å²) in [5, 5.41) is 3.77. The van der Waals surface area contributed by atoms with Crippen LogP contribution < -0.4 is 5.32 Å². The van der Waals surface area contributed by atoms with Gasteiger partial charge in [0.05, 0.1) is 0 Å². The molecule has 1 heterocycles. The SMILES string of the molecule is CCCCC1(C2CC2)CCCN1. The molecule has 1 saturated heterocycles. The zero-order valence-electron chi connectivity index (χ0n) is 8.23. The Balaban J connectivity index is 1.91. The smallest absolute Gasteiger partial charge is 0.0210 e. The van der Waals surface area contributed by atoms with Gasteiger partial charge in [0.2, 0.25) is 0 Å². The molecule has 12 heavy (non-hydrogen) atoms. The van der Waals surface area contributed by atoms with Crippen molar-refractivity contribution in [2.45, 2.75) is 57.4 Å². The minimum atomic E-state index is 0.607. The highest BCUT2D eigenvalue weighted by Crippen LogP contribution is 2.46. The molecule has 1 nitrogen and oxygen atoms in total. The molecule has 0 aromatic heterocycles. The summed E-state index contributed by atoms with van der Waals surface area (Å²) in [5.41, 5.74) is 0.607. The third-order valence-electron chi connectivity index (χ3n) is 3.61. The van der Waals surface area contributed by atoms with Crippen LogP contribution in [0, 0.1) is 5.92 Å². The van der Waals surface area contributed by atoms with E-state index in [1.54, 1.807) is 0 Å². The summed E-state index contributed by atoms with van der Waals surface area (Å²) in [5.74, 6) is 1.05. The summed E-state index contributed by atoms with van der Waals surface area (Å²) in [6.07, 6.45) is 10.1. The highest BCUT2D eigenvalue weighted by Gasteiger charge is 2.45. The molecule has 1 N–H and O–H groups in total. The summed E-state index contributed by atoms with van der Waals surface area (Å²) in [6.45, 7) is 3.58. The van der Waals surface area contributed by atoms with Gasteiger partial charge in [0.1, 0.15) is 0 Å². The molecule has 1 aliphatic heterocycles. The van der Waals surface area contributed by atoms with Crippen LogP contribution in [-0.2, 0) is 0 Å². The van der Waals surface area contributed by atoms with Crippen LogP contribution in [-0.4, -0.2) is 12.1 Å². The Hall–Kier alpha value is -0.0400. The maximum Gasteiger partial charge on any atom is 0.0210 e. The van der Waals surface area contributed by atoms with E-state index >= 15 is 0 Å². The Labute approximate surface area is 75.9 Å². The van der Waals surface area contributed by atoms with Gasteiger partial charge in [0, 0.05) is 5.54 Å². The second-order valence-corrected chi connectivity index (χ2v) is 4.56. The zero-order valence-corrected chi connectivity index (χ0v) is 8.23. The minimum absolute atomic E-state index is 0.607. The molecule has 0 aromatic rings. The predicted molar refractivity (Wildman–Crippen MR) is 52.2 cm³/mol. The Morgan fingerprint density at radius 2 is 2.25 bits per heavy atom. The standard InChI is InChI=1S/C11H21N/c1-2-3-7-11(10-5-6-10)8-4-9-12-11/h10,12H,2-9H2,1H3. The third kappa shape index (κ3) is 1.52. The average Bonchev–Trinajstić information content (AvgIpc) is 2.84. The quantitative estimate of drug-likeness (QED) is 0.679. The lowest BCUT2D eigenvalue weighted by Crippen LogP contribution is -2.41. The first-order valence-corrected chi connectivity index (χ1v) is 5.62. The summed E-state index contributed by atoms with van der Waals surface area (Å²) >= 11 is 0. The normalized spacial score (nSPS) is 35.8. The van der Waals surface area contributed by atoms with Gasteiger partial charge in [-0.1, -0.05) is 19.8 Å². The van der Waals surface area contributed by atoms with Crippen LogP contribution in [0.25, 0.3) is 0 Å². The largest absolute Gasteiger partial charge is 0.311 e. The lowest BCUT2D eigenvalue weighted by Gasteiger charge is -2.29. The molecule has 2 rings (SSSR count). The second-order valence-electron chi connectivity index (χ2n) is 4.56. The van der Waals surface area contributed by atoms with Crippen molar-refractivity contribution < 1.29 is 0 Å². The Morgan fingerprint density at radius 1 is 1.42 bits per heavy atom. The number of nitrogens with one attached hydrogen (secondary N) is 1. The van der Waals surface area contributed by atoms with E-state index in [-0.39, 0.29) is 0 Å². The topological polar surface area (TPSA) is 12.0 Å². The van der Waals surface area contributed by atoms with Crippen LogP contribution in [0.4, 0.5) is 0 Å². The molecule has 70 valence electrons. The first kappa shape index (κ1) is 8.55. The van der Waals surface area contributed by atoms with E-state index in [1.807, 2.05) is 0 Å². The van der Waals surface area contributed by atoms with Gasteiger partial charge in [0.25, 0.3) is 0 Å². The van der Waals surface area contributed by atoms with Gasteiger partial charge in [-0.3, -0.25) is 0 Å². The summed E-state index contributed by atoms with van der Waals surface area (Å²) in [6, 6.07) is 0. The maximum absolute atomic E-state index is 3.77. The van der Waals surface area contributed by atoms with Crippen LogP contribution in [0.3, 0.4) is 0 Å². The second kappa shape index (κ2) is 3.37. The summed E-state index contributed by atoms with van der Waals surface area (Å²) < 4.78 is 0. The van der Waals surface area contributed by atoms with Gasteiger partial charge in [-0.05, 0) is 44.6 Å². The monoisotopic (exact) mass is 167 g/mol. The molecule has 1 aliphatic carbocycles. The molecule has 0 spiro atoms. The van der Waals surface area contributed by atoms with Crippen molar-refractivity contribution in [3.8, 4) is 0 Å². The van der Waals surface area contributed by atoms with Gasteiger partial charge in [-0.25, -0.2) is 0 Å². The zero-order chi connectivity index (χ0) is 8.44. The van der Waals surface area contributed by atoms with Crippen LogP contribution in [0.5, 0.6) is 0 Å². The van der Waals surface area contributed by atoms with Crippen LogP contribution in [0.2, 0.25) is 0 Å². The van der Waals surface area contributed by atoms with E-state index in [4.69, 9.17) is 0 Å². The molecule has 1 unspecified atom stereocenters. The van der Waals surface area contributed by atoms with Crippen molar-refractivity contribution in [3.05, 3.63) is 0 Å². The lowest BCUT2D eigenvalue weighted by molar-refractivity contribution is 0.293. The lowest BCUT2D eigenvalue weighted by atomic mass is 9.86. The maximum atomic E-state index is 3.77. The van der Waals surface area contributed by atoms with Crippen molar-refractivity contribution in [1.82, 2.24) is 5.32 Å². The molecular formula is C11H21N. The van der Waals surface area contributed by atoms with E-state index in [9.17, 15) is 0 Å². The average molecular weight is 167 g/mol. The van der Waals surface area contributed by atoms with Crippen LogP contribution in [0.1, 0.15) is 51.9 Å². The summed E-state index contributed by atoms with van der Waals surface area (Å²) in [4.78, 5) is 0. The fraction of sp³-hybridized carbons (Fsp3) is 1.00. The predicted octanol–water partition coefficient (Wildman–Crippen LogP) is 2.71. The molecule has 0 amide bonds. The molecule has 2 aliphatic rings. The Morgan fingerprint density at radius 3 is 2.75 bits per heavy atom. The van der Waals surface area contributed by atoms with E-state index in [2.05, 4.69) is 12.2 Å². The first-order valence-electron chi connectivity index (χ1n) is 5.62. The molecule has 0 bridgehead atoms. The number of rotatable bonds is 4. The number of hydrogen-bond acceptors (Lipinski definition) is 1. The van der Waals surface area contributed by atoms with Crippen molar-refractivity contribution in [2.75, 3.05) is 6.54 Å². The Bertz CT molecular complexity index is 143. The fourth-order valence-electron chi connectivity index (χ4n) is 2.72. The molecular weight excluding hydrogens is 146 g/mol. The Kier molecular flexibility index (Phi) is 2.40. The van der Waals surface area contributed by atoms with Crippen molar-refractivity contribution in [2.24, 2.45) is 5.92 Å². The van der Waals surface area contributed by atoms with E-state index in [0.29, 0.717) is 5.54 Å². The molecule has 0 radical (unpaired) electrons. The van der Waals surface area contributed by atoms with Gasteiger partial charge in [-0.2, -0.15) is 0 Å². The van der Waals surface area contributed by atoms with Gasteiger partial charge < -0.3 is 5.32 Å². The minimum Gasteiger partial charge on any atom is -0.311 e. The number of hydrogen-bond donors (Lipinski definition) is 1. The van der Waals surface area contributed by atoms with Crippen LogP contribution >= 0.6 is 0 Å². The van der Waals surface area contributed by atoms with Gasteiger partial charge in [-0.15, -0.1) is 0 Å². The highest BCUT2D eigenvalue weighted by atomic mass is 15.0. The van der Waals surface area contributed by atoms with Crippen LogP contribution in [0.15, 0.2) is 0 Å². The molecule has 1 atom stereocenters. The van der Waals surface area contributed by atoms with Crippen molar-refractivity contribution in [3.63, 3.8) is 0 Å². The van der Waals surface area contributed by atoms with Crippen molar-refractivity contribution >= 4 is 0 Å². The fourth-order valence-corrected chi connectivity index (χ4v) is 2.72. The van der Waals surface area contributed by atoms with E-state index in [1.165, 1.54) is 51.5 Å². The van der Waals surface area contributed by atoms with E-state index in [0.717, 1.165) is 5.92 Å². The van der Waals surface area contributed by atoms with Gasteiger partial charge in [0.15, 0.2) is 0 Å². The highest BCUT2D eigenvalue weighted by molar-refractivity contribution is 5.03. The molecule has 1 heteroatoms. The summed E-state index contributed by atoms with van der Waals surface area (Å²) in [7, 11) is 0. The molecule has 1 saturated carbocycles. The molecule has 0 aromatic carbocycles. The number of unbranched alkanes of at least 4 members (excludes halogenated alkanes) is 1. The van der Waals surface area contributed by atoms with Gasteiger partial charge >= 0.3 is 0 Å². The molecule has 2 fully saturated rings.